The number of anilines is 1. The first-order valence-electron chi connectivity index (χ1n) is 6.80. The third-order valence-corrected chi connectivity index (χ3v) is 5.08. The van der Waals surface area contributed by atoms with Crippen molar-refractivity contribution >= 4 is 15.7 Å². The highest BCUT2D eigenvalue weighted by Crippen LogP contribution is 2.20. The van der Waals surface area contributed by atoms with Crippen LogP contribution in [-0.4, -0.2) is 38.9 Å². The Bertz CT molecular complexity index is 777. The molecule has 1 aromatic heterocycles. The molecule has 124 valence electrons. The summed E-state index contributed by atoms with van der Waals surface area (Å²) in [5.41, 5.74) is 1.08. The maximum Gasteiger partial charge on any atom is 0.250 e. The fourth-order valence-electron chi connectivity index (χ4n) is 1.89. The molecule has 0 atom stereocenters. The number of nitrogens with one attached hydrogen (secondary N) is 1. The van der Waals surface area contributed by atoms with Gasteiger partial charge in [-0.05, 0) is 30.3 Å². The van der Waals surface area contributed by atoms with Crippen LogP contribution >= 0.6 is 0 Å². The van der Waals surface area contributed by atoms with Crippen molar-refractivity contribution in [2.75, 3.05) is 26.5 Å². The van der Waals surface area contributed by atoms with Gasteiger partial charge in [0.2, 0.25) is 15.9 Å². The van der Waals surface area contributed by atoms with Gasteiger partial charge in [-0.1, -0.05) is 0 Å². The molecule has 0 bridgehead atoms. The second-order valence-corrected chi connectivity index (χ2v) is 7.11. The lowest BCUT2D eigenvalue weighted by atomic mass is 10.2. The zero-order valence-corrected chi connectivity index (χ0v) is 13.9. The average Bonchev–Trinajstić information content (AvgIpc) is 2.54. The molecule has 6 nitrogen and oxygen atoms in total. The first-order valence-corrected chi connectivity index (χ1v) is 8.24. The van der Waals surface area contributed by atoms with Crippen LogP contribution in [0.3, 0.4) is 0 Å². The molecule has 1 N–H and O–H groups in total. The molecule has 8 heteroatoms. The predicted octanol–water partition coefficient (Wildman–Crippen LogP) is 2.09. The van der Waals surface area contributed by atoms with Crippen LogP contribution in [0.15, 0.2) is 41.4 Å². The van der Waals surface area contributed by atoms with Gasteiger partial charge in [0.25, 0.3) is 0 Å². The molecule has 1 heterocycles. The number of aromatic nitrogens is 1. The van der Waals surface area contributed by atoms with E-state index in [-0.39, 0.29) is 17.3 Å². The second-order valence-electron chi connectivity index (χ2n) is 4.96. The third-order valence-electron chi connectivity index (χ3n) is 3.25. The number of hydrogen-bond acceptors (Lipinski definition) is 5. The van der Waals surface area contributed by atoms with Crippen molar-refractivity contribution in [1.82, 2.24) is 9.29 Å². The van der Waals surface area contributed by atoms with Gasteiger partial charge in [-0.3, -0.25) is 0 Å². The standard InChI is InChI=1S/C15H18FN3O3S/c1-19(2)23(20,21)13-6-4-12(5-7-13)18-10-11-8-9-17-15(22-3)14(11)16/h4-9,18H,10H2,1-3H3. The highest BCUT2D eigenvalue weighted by Gasteiger charge is 2.16. The summed E-state index contributed by atoms with van der Waals surface area (Å²) in [6.07, 6.45) is 1.46. The van der Waals surface area contributed by atoms with E-state index >= 15 is 0 Å². The minimum absolute atomic E-state index is 0.0586. The molecule has 0 unspecified atom stereocenters. The van der Waals surface area contributed by atoms with Crippen LogP contribution in [0.4, 0.5) is 10.1 Å². The highest BCUT2D eigenvalue weighted by atomic mass is 32.2. The number of benzene rings is 1. The van der Waals surface area contributed by atoms with Crippen molar-refractivity contribution < 1.29 is 17.5 Å². The molecule has 0 fully saturated rings. The Kier molecular flexibility index (Phi) is 5.17. The Balaban J connectivity index is 2.11. The lowest BCUT2D eigenvalue weighted by molar-refractivity contribution is 0.367. The van der Waals surface area contributed by atoms with Crippen molar-refractivity contribution in [3.05, 3.63) is 47.9 Å². The normalized spacial score (nSPS) is 11.5. The molecule has 0 aliphatic rings. The van der Waals surface area contributed by atoms with Crippen molar-refractivity contribution in [2.45, 2.75) is 11.4 Å². The van der Waals surface area contributed by atoms with E-state index < -0.39 is 15.8 Å². The number of pyridine rings is 1. The lowest BCUT2D eigenvalue weighted by Crippen LogP contribution is -2.22. The van der Waals surface area contributed by atoms with Gasteiger partial charge in [0.1, 0.15) is 0 Å². The van der Waals surface area contributed by atoms with E-state index in [1.54, 1.807) is 18.2 Å². The Morgan fingerprint density at radius 1 is 1.22 bits per heavy atom. The van der Waals surface area contributed by atoms with Gasteiger partial charge < -0.3 is 10.1 Å². The van der Waals surface area contributed by atoms with E-state index in [1.165, 1.54) is 39.5 Å². The monoisotopic (exact) mass is 339 g/mol. The Labute approximate surface area is 135 Å². The molecule has 0 aliphatic heterocycles. The summed E-state index contributed by atoms with van der Waals surface area (Å²) in [7, 11) is 0.845. The van der Waals surface area contributed by atoms with Crippen molar-refractivity contribution in [3.8, 4) is 5.88 Å². The number of methoxy groups -OCH3 is 1. The second kappa shape index (κ2) is 6.93. The quantitative estimate of drug-likeness (QED) is 0.872. The summed E-state index contributed by atoms with van der Waals surface area (Å²) in [5, 5.41) is 3.03. The molecule has 0 radical (unpaired) electrons. The number of sulfonamides is 1. The molecule has 0 spiro atoms. The number of nitrogens with zero attached hydrogens (tertiary/aromatic N) is 2. The molecule has 1 aromatic carbocycles. The largest absolute Gasteiger partial charge is 0.479 e. The number of hydrogen-bond donors (Lipinski definition) is 1. The zero-order chi connectivity index (χ0) is 17.0. The van der Waals surface area contributed by atoms with Gasteiger partial charge >= 0.3 is 0 Å². The summed E-state index contributed by atoms with van der Waals surface area (Å²) in [5.74, 6) is -0.578. The van der Waals surface area contributed by atoms with Crippen LogP contribution in [0.5, 0.6) is 5.88 Å². The van der Waals surface area contributed by atoms with E-state index in [9.17, 15) is 12.8 Å². The molecule has 0 saturated heterocycles. The summed E-state index contributed by atoms with van der Waals surface area (Å²) in [6, 6.07) is 7.82. The average molecular weight is 339 g/mol. The van der Waals surface area contributed by atoms with Crippen LogP contribution < -0.4 is 10.1 Å². The van der Waals surface area contributed by atoms with E-state index in [0.29, 0.717) is 11.3 Å². The predicted molar refractivity (Wildman–Crippen MR) is 85.4 cm³/mol. The smallest absolute Gasteiger partial charge is 0.250 e. The van der Waals surface area contributed by atoms with Gasteiger partial charge in [-0.25, -0.2) is 22.1 Å². The number of ether oxygens (including phenoxy) is 1. The van der Waals surface area contributed by atoms with Crippen LogP contribution in [0.2, 0.25) is 0 Å². The summed E-state index contributed by atoms with van der Waals surface area (Å²) in [6.45, 7) is 0.227. The van der Waals surface area contributed by atoms with E-state index in [4.69, 9.17) is 4.74 Å². The van der Waals surface area contributed by atoms with E-state index in [0.717, 1.165) is 4.31 Å². The van der Waals surface area contributed by atoms with Gasteiger partial charge in [-0.15, -0.1) is 0 Å². The molecule has 0 amide bonds. The topological polar surface area (TPSA) is 71.5 Å². The fourth-order valence-corrected chi connectivity index (χ4v) is 2.80. The summed E-state index contributed by atoms with van der Waals surface area (Å²) >= 11 is 0. The maximum absolute atomic E-state index is 14.0. The first-order chi connectivity index (χ1) is 10.9. The molecule has 2 rings (SSSR count). The van der Waals surface area contributed by atoms with Gasteiger partial charge in [-0.2, -0.15) is 0 Å². The number of halogens is 1. The van der Waals surface area contributed by atoms with Gasteiger partial charge in [0.15, 0.2) is 5.82 Å². The van der Waals surface area contributed by atoms with E-state index in [2.05, 4.69) is 10.3 Å². The molecule has 2 aromatic rings. The Hall–Kier alpha value is -2.19. The lowest BCUT2D eigenvalue weighted by Gasteiger charge is -2.12. The van der Waals surface area contributed by atoms with E-state index in [1.807, 2.05) is 0 Å². The van der Waals surface area contributed by atoms with Crippen LogP contribution in [0.25, 0.3) is 0 Å². The first kappa shape index (κ1) is 17.2. The van der Waals surface area contributed by atoms with Crippen LogP contribution in [-0.2, 0) is 16.6 Å². The molecular formula is C15H18FN3O3S. The Morgan fingerprint density at radius 3 is 2.43 bits per heavy atom. The van der Waals surface area contributed by atoms with Gasteiger partial charge in [0.05, 0.1) is 12.0 Å². The van der Waals surface area contributed by atoms with Crippen molar-refractivity contribution in [2.24, 2.45) is 0 Å². The zero-order valence-electron chi connectivity index (χ0n) is 13.1. The summed E-state index contributed by atoms with van der Waals surface area (Å²) in [4.78, 5) is 3.97. The minimum atomic E-state index is -3.46. The highest BCUT2D eigenvalue weighted by molar-refractivity contribution is 7.89. The van der Waals surface area contributed by atoms with Crippen LogP contribution in [0, 0.1) is 5.82 Å². The maximum atomic E-state index is 14.0. The third kappa shape index (κ3) is 3.77. The minimum Gasteiger partial charge on any atom is -0.479 e. The van der Waals surface area contributed by atoms with Gasteiger partial charge in [0, 0.05) is 38.1 Å². The molecule has 0 aliphatic carbocycles. The van der Waals surface area contributed by atoms with Crippen molar-refractivity contribution in [1.29, 1.82) is 0 Å². The molecule has 0 saturated carbocycles. The van der Waals surface area contributed by atoms with Crippen molar-refractivity contribution in [3.63, 3.8) is 0 Å². The molecular weight excluding hydrogens is 321 g/mol. The Morgan fingerprint density at radius 2 is 1.87 bits per heavy atom. The molecule has 23 heavy (non-hydrogen) atoms. The number of rotatable bonds is 6. The van der Waals surface area contributed by atoms with Crippen LogP contribution in [0.1, 0.15) is 5.56 Å². The fraction of sp³-hybridized carbons (Fsp3) is 0.267. The summed E-state index contributed by atoms with van der Waals surface area (Å²) < 4.78 is 43.9. The SMILES string of the molecule is COc1nccc(CNc2ccc(S(=O)(=O)N(C)C)cc2)c1F.